The molecule has 0 unspecified atom stereocenters. The van der Waals surface area contributed by atoms with Crippen molar-refractivity contribution in [2.75, 3.05) is 12.5 Å². The maximum atomic E-state index is 6.36. The molecule has 6 nitrogen and oxygen atoms in total. The molecule has 0 bridgehead atoms. The van der Waals surface area contributed by atoms with Crippen molar-refractivity contribution in [1.82, 2.24) is 14.5 Å². The van der Waals surface area contributed by atoms with Gasteiger partial charge in [0.1, 0.15) is 5.52 Å². The minimum absolute atomic E-state index is 0.231. The molecule has 152 valence electrons. The first kappa shape index (κ1) is 19.5. The predicted octanol–water partition coefficient (Wildman–Crippen LogP) is 5.55. The molecule has 0 atom stereocenters. The van der Waals surface area contributed by atoms with E-state index in [2.05, 4.69) is 25.5 Å². The number of halogens is 2. The fourth-order valence-electron chi connectivity index (χ4n) is 3.35. The average molecular weight is 504 g/mol. The number of imidazole rings is 1. The molecule has 0 saturated heterocycles. The van der Waals surface area contributed by atoms with Gasteiger partial charge >= 0.3 is 0 Å². The standard InChI is InChI=1S/C21H16BrClN4O2S/c22-13-9-16-17(29-11-28-16)10-18(13)30-21-26-19-15(5-7-25-20(19)24)27(21)8-6-12-3-1-2-4-14(12)23/h1-5,7,9-10H,6,8,11H2,(H2,24,25). The lowest BCUT2D eigenvalue weighted by Gasteiger charge is -2.11. The summed E-state index contributed by atoms with van der Waals surface area (Å²) in [4.78, 5) is 9.95. The van der Waals surface area contributed by atoms with E-state index in [1.54, 1.807) is 6.20 Å². The molecule has 1 aliphatic rings. The minimum Gasteiger partial charge on any atom is -0.454 e. The molecule has 2 aromatic heterocycles. The number of fused-ring (bicyclic) bond motifs is 2. The van der Waals surface area contributed by atoms with Crippen molar-refractivity contribution in [1.29, 1.82) is 0 Å². The van der Waals surface area contributed by atoms with E-state index in [0.717, 1.165) is 48.5 Å². The zero-order valence-corrected chi connectivity index (χ0v) is 18.8. The molecule has 1 aliphatic heterocycles. The van der Waals surface area contributed by atoms with E-state index in [1.165, 1.54) is 11.8 Å². The van der Waals surface area contributed by atoms with Crippen LogP contribution in [0.5, 0.6) is 11.5 Å². The molecule has 0 saturated carbocycles. The highest BCUT2D eigenvalue weighted by molar-refractivity contribution is 9.10. The molecule has 0 spiro atoms. The van der Waals surface area contributed by atoms with Gasteiger partial charge in [-0.2, -0.15) is 0 Å². The molecule has 0 amide bonds. The molecule has 2 N–H and O–H groups in total. The van der Waals surface area contributed by atoms with Crippen LogP contribution in [0.15, 0.2) is 63.2 Å². The normalized spacial score (nSPS) is 12.6. The van der Waals surface area contributed by atoms with Crippen LogP contribution in [0.4, 0.5) is 5.82 Å². The van der Waals surface area contributed by atoms with Crippen LogP contribution in [0.25, 0.3) is 11.0 Å². The number of hydrogen-bond acceptors (Lipinski definition) is 6. The maximum Gasteiger partial charge on any atom is 0.231 e. The molecule has 4 aromatic rings. The minimum atomic E-state index is 0.231. The van der Waals surface area contributed by atoms with Crippen molar-refractivity contribution in [2.24, 2.45) is 0 Å². The number of nitrogens with zero attached hydrogens (tertiary/aromatic N) is 3. The Morgan fingerprint density at radius 2 is 1.97 bits per heavy atom. The lowest BCUT2D eigenvalue weighted by atomic mass is 10.1. The first-order valence-electron chi connectivity index (χ1n) is 9.21. The van der Waals surface area contributed by atoms with Crippen LogP contribution in [0.3, 0.4) is 0 Å². The summed E-state index contributed by atoms with van der Waals surface area (Å²) in [6.45, 7) is 0.933. The first-order valence-corrected chi connectivity index (χ1v) is 11.2. The maximum absolute atomic E-state index is 6.36. The molecule has 0 fully saturated rings. The van der Waals surface area contributed by atoms with Gasteiger partial charge in [-0.1, -0.05) is 41.6 Å². The molecule has 0 aliphatic carbocycles. The SMILES string of the molecule is Nc1nccc2c1nc(Sc1cc3c(cc1Br)OCO3)n2CCc1ccccc1Cl. The van der Waals surface area contributed by atoms with Crippen LogP contribution in [0, 0.1) is 0 Å². The van der Waals surface area contributed by atoms with Crippen LogP contribution in [-0.2, 0) is 13.0 Å². The van der Waals surface area contributed by atoms with Gasteiger partial charge in [0.25, 0.3) is 0 Å². The molecule has 5 rings (SSSR count). The average Bonchev–Trinajstić information content (AvgIpc) is 3.32. The quantitative estimate of drug-likeness (QED) is 0.385. The van der Waals surface area contributed by atoms with Crippen molar-refractivity contribution in [3.8, 4) is 11.5 Å². The molecular weight excluding hydrogens is 488 g/mol. The number of rotatable bonds is 5. The summed E-state index contributed by atoms with van der Waals surface area (Å²) in [5.41, 5.74) is 8.82. The van der Waals surface area contributed by atoms with Crippen molar-refractivity contribution in [2.45, 2.75) is 23.0 Å². The van der Waals surface area contributed by atoms with Crippen LogP contribution < -0.4 is 15.2 Å². The molecule has 2 aromatic carbocycles. The monoisotopic (exact) mass is 502 g/mol. The summed E-state index contributed by atoms with van der Waals surface area (Å²) in [5, 5.41) is 1.58. The fourth-order valence-corrected chi connectivity index (χ4v) is 5.10. The van der Waals surface area contributed by atoms with Crippen molar-refractivity contribution >= 4 is 56.1 Å². The second-order valence-corrected chi connectivity index (χ2v) is 8.96. The lowest BCUT2D eigenvalue weighted by molar-refractivity contribution is 0.174. The van der Waals surface area contributed by atoms with Gasteiger partial charge in [0.2, 0.25) is 6.79 Å². The highest BCUT2D eigenvalue weighted by Crippen LogP contribution is 2.43. The summed E-state index contributed by atoms with van der Waals surface area (Å²) < 4.78 is 14.0. The third kappa shape index (κ3) is 3.59. The third-order valence-electron chi connectivity index (χ3n) is 4.85. The van der Waals surface area contributed by atoms with Crippen molar-refractivity contribution < 1.29 is 9.47 Å². The number of aryl methyl sites for hydroxylation is 2. The van der Waals surface area contributed by atoms with E-state index in [9.17, 15) is 0 Å². The van der Waals surface area contributed by atoms with Gasteiger partial charge in [0.15, 0.2) is 22.5 Å². The summed E-state index contributed by atoms with van der Waals surface area (Å²) in [5.74, 6) is 1.86. The number of nitrogens with two attached hydrogens (primary N) is 1. The van der Waals surface area contributed by atoms with Crippen LogP contribution in [0.2, 0.25) is 5.02 Å². The topological polar surface area (TPSA) is 75.2 Å². The molecule has 0 radical (unpaired) electrons. The first-order chi connectivity index (χ1) is 14.6. The van der Waals surface area contributed by atoms with E-state index in [-0.39, 0.29) is 6.79 Å². The number of hydrogen-bond donors (Lipinski definition) is 1. The Kier molecular flexibility index (Phi) is 5.22. The van der Waals surface area contributed by atoms with Gasteiger partial charge in [0.05, 0.1) is 5.52 Å². The van der Waals surface area contributed by atoms with E-state index < -0.39 is 0 Å². The van der Waals surface area contributed by atoms with E-state index in [4.69, 9.17) is 31.8 Å². The largest absolute Gasteiger partial charge is 0.454 e. The predicted molar refractivity (Wildman–Crippen MR) is 121 cm³/mol. The van der Waals surface area contributed by atoms with Gasteiger partial charge in [0, 0.05) is 27.1 Å². The summed E-state index contributed by atoms with van der Waals surface area (Å²) in [7, 11) is 0. The third-order valence-corrected chi connectivity index (χ3v) is 7.19. The Hall–Kier alpha value is -2.42. The second kappa shape index (κ2) is 8.02. The van der Waals surface area contributed by atoms with Gasteiger partial charge in [-0.15, -0.1) is 0 Å². The molecule has 9 heteroatoms. The van der Waals surface area contributed by atoms with E-state index in [0.29, 0.717) is 17.9 Å². The van der Waals surface area contributed by atoms with Crippen molar-refractivity contribution in [3.05, 3.63) is 63.7 Å². The number of ether oxygens (including phenoxy) is 2. The van der Waals surface area contributed by atoms with Gasteiger partial charge < -0.3 is 19.8 Å². The molecular formula is C21H16BrClN4O2S. The van der Waals surface area contributed by atoms with Gasteiger partial charge in [-0.25, -0.2) is 9.97 Å². The Balaban J connectivity index is 1.54. The lowest BCUT2D eigenvalue weighted by Crippen LogP contribution is -2.03. The Morgan fingerprint density at radius 3 is 2.80 bits per heavy atom. The summed E-state index contributed by atoms with van der Waals surface area (Å²) in [6, 6.07) is 13.7. The summed E-state index contributed by atoms with van der Waals surface area (Å²) >= 11 is 11.5. The van der Waals surface area contributed by atoms with Crippen LogP contribution in [-0.4, -0.2) is 21.3 Å². The van der Waals surface area contributed by atoms with Crippen LogP contribution in [0.1, 0.15) is 5.56 Å². The smallest absolute Gasteiger partial charge is 0.231 e. The molecule has 30 heavy (non-hydrogen) atoms. The number of nitrogen functional groups attached to an aromatic ring is 1. The summed E-state index contributed by atoms with van der Waals surface area (Å²) in [6.07, 6.45) is 2.47. The Morgan fingerprint density at radius 1 is 1.17 bits per heavy atom. The highest BCUT2D eigenvalue weighted by atomic mass is 79.9. The highest BCUT2D eigenvalue weighted by Gasteiger charge is 2.20. The number of benzene rings is 2. The van der Waals surface area contributed by atoms with Gasteiger partial charge in [-0.3, -0.25) is 0 Å². The molecule has 3 heterocycles. The second-order valence-electron chi connectivity index (χ2n) is 6.69. The van der Waals surface area contributed by atoms with Crippen molar-refractivity contribution in [3.63, 3.8) is 0 Å². The van der Waals surface area contributed by atoms with Gasteiger partial charge in [-0.05, 0) is 52.2 Å². The zero-order chi connectivity index (χ0) is 20.7. The Labute approximate surface area is 190 Å². The fraction of sp³-hybridized carbons (Fsp3) is 0.143. The number of anilines is 1. The van der Waals surface area contributed by atoms with E-state index in [1.807, 2.05) is 42.5 Å². The van der Waals surface area contributed by atoms with E-state index >= 15 is 0 Å². The number of aromatic nitrogens is 3. The van der Waals surface area contributed by atoms with Crippen LogP contribution >= 0.6 is 39.3 Å². The number of pyridine rings is 1. The zero-order valence-electron chi connectivity index (χ0n) is 15.6. The Bertz CT molecular complexity index is 1260.